The van der Waals surface area contributed by atoms with Crippen LogP contribution in [0.5, 0.6) is 0 Å². The van der Waals surface area contributed by atoms with E-state index in [1.807, 2.05) is 0 Å². The van der Waals surface area contributed by atoms with Crippen LogP contribution in [0.2, 0.25) is 0 Å². The number of ether oxygens (including phenoxy) is 2. The summed E-state index contributed by atoms with van der Waals surface area (Å²) in [6.45, 7) is 3.53. The molecule has 0 aromatic rings. The van der Waals surface area contributed by atoms with Crippen molar-refractivity contribution >= 4 is 11.9 Å². The predicted octanol–water partition coefficient (Wildman–Crippen LogP) is 2.25. The van der Waals surface area contributed by atoms with E-state index in [1.54, 1.807) is 13.8 Å². The zero-order valence-electron chi connectivity index (χ0n) is 11.3. The fourth-order valence-electron chi connectivity index (χ4n) is 1.36. The molecule has 0 aromatic heterocycles. The lowest BCUT2D eigenvalue weighted by molar-refractivity contribution is -0.147. The van der Waals surface area contributed by atoms with Crippen molar-refractivity contribution in [1.29, 1.82) is 0 Å². The van der Waals surface area contributed by atoms with Gasteiger partial charge in [0.05, 0.1) is 13.2 Å². The van der Waals surface area contributed by atoms with Gasteiger partial charge in [-0.05, 0) is 37.8 Å². The monoisotopic (exact) mass is 284 g/mol. The quantitative estimate of drug-likeness (QED) is 0.276. The largest absolute Gasteiger partial charge is 0.466 e. The lowest BCUT2D eigenvalue weighted by atomic mass is 10.1. The Bertz CT molecular complexity index is 387. The molecule has 20 heavy (non-hydrogen) atoms. The van der Waals surface area contributed by atoms with Crippen LogP contribution >= 0.6 is 0 Å². The van der Waals surface area contributed by atoms with E-state index in [2.05, 4.69) is 20.1 Å². The van der Waals surface area contributed by atoms with Crippen LogP contribution in [0, 0.1) is 0 Å². The summed E-state index contributed by atoms with van der Waals surface area (Å²) < 4.78 is 9.47. The average Bonchev–Trinajstić information content (AvgIpc) is 2.42. The van der Waals surface area contributed by atoms with Gasteiger partial charge in [-0.15, -0.1) is 0 Å². The van der Waals surface area contributed by atoms with Gasteiger partial charge in [0.1, 0.15) is 12.1 Å². The third-order valence-electron chi connectivity index (χ3n) is 2.21. The summed E-state index contributed by atoms with van der Waals surface area (Å²) in [4.78, 5) is 28.1. The van der Waals surface area contributed by atoms with Crippen molar-refractivity contribution < 1.29 is 19.1 Å². The molecule has 0 aromatic carbocycles. The molecule has 0 saturated heterocycles. The third kappa shape index (κ3) is 6.48. The van der Waals surface area contributed by atoms with Crippen molar-refractivity contribution in [1.82, 2.24) is 0 Å². The average molecular weight is 284 g/mol. The van der Waals surface area contributed by atoms with E-state index in [0.717, 1.165) is 0 Å². The Labute approximate surface area is 115 Å². The molecule has 0 spiro atoms. The first-order chi connectivity index (χ1) is 9.60. The molecule has 0 aliphatic heterocycles. The number of esters is 2. The normalized spacial score (nSPS) is 12.3. The smallest absolute Gasteiger partial charge is 0.314 e. The van der Waals surface area contributed by atoms with Crippen molar-refractivity contribution in [2.24, 2.45) is 10.2 Å². The summed E-state index contributed by atoms with van der Waals surface area (Å²) in [5.74, 6) is -1.37. The number of hydrogen-bond acceptors (Lipinski definition) is 6. The molecule has 0 saturated carbocycles. The molecule has 0 N–H and O–H groups in total. The zero-order valence-corrected chi connectivity index (χ0v) is 11.3. The predicted molar refractivity (Wildman–Crippen MR) is 68.4 cm³/mol. The van der Waals surface area contributed by atoms with Gasteiger partial charge >= 0.3 is 11.9 Å². The van der Waals surface area contributed by atoms with Crippen molar-refractivity contribution in [3.05, 3.63) is 20.9 Å². The Morgan fingerprint density at radius 1 is 0.950 bits per heavy atom. The van der Waals surface area contributed by atoms with E-state index in [1.165, 1.54) is 0 Å². The maximum atomic E-state index is 11.5. The van der Waals surface area contributed by atoms with Crippen LogP contribution in [0.3, 0.4) is 0 Å². The molecule has 0 radical (unpaired) electrons. The fourth-order valence-corrected chi connectivity index (χ4v) is 1.36. The van der Waals surface area contributed by atoms with Crippen LogP contribution in [0.15, 0.2) is 10.2 Å². The summed E-state index contributed by atoms with van der Waals surface area (Å²) in [7, 11) is 0. The second kappa shape index (κ2) is 10.5. The number of nitrogens with zero attached hydrogens (tertiary/aromatic N) is 6. The molecule has 0 amide bonds. The molecule has 0 bridgehead atoms. The van der Waals surface area contributed by atoms with E-state index >= 15 is 0 Å². The van der Waals surface area contributed by atoms with E-state index < -0.39 is 24.0 Å². The van der Waals surface area contributed by atoms with Crippen LogP contribution in [-0.2, 0) is 19.1 Å². The molecule has 0 aliphatic carbocycles. The highest BCUT2D eigenvalue weighted by Gasteiger charge is 2.24. The Kier molecular flexibility index (Phi) is 9.20. The molecular weight excluding hydrogens is 268 g/mol. The number of carbonyl (C=O) groups excluding carboxylic acids is 2. The van der Waals surface area contributed by atoms with E-state index in [-0.39, 0.29) is 26.1 Å². The van der Waals surface area contributed by atoms with E-state index in [9.17, 15) is 9.59 Å². The molecule has 0 rings (SSSR count). The molecular formula is C10H16N6O4. The molecule has 10 nitrogen and oxygen atoms in total. The number of rotatable bonds is 9. The SMILES string of the molecule is CCOC(=O)C(CCC(N=[N+]=[N-])C(=O)OCC)N=[N+]=[N-]. The van der Waals surface area contributed by atoms with Crippen molar-refractivity contribution in [2.75, 3.05) is 13.2 Å². The van der Waals surface area contributed by atoms with E-state index in [4.69, 9.17) is 20.5 Å². The maximum absolute atomic E-state index is 11.5. The highest BCUT2D eigenvalue weighted by Crippen LogP contribution is 2.12. The molecule has 2 unspecified atom stereocenters. The third-order valence-corrected chi connectivity index (χ3v) is 2.21. The summed E-state index contributed by atoms with van der Waals surface area (Å²) >= 11 is 0. The highest BCUT2D eigenvalue weighted by molar-refractivity contribution is 5.77. The molecule has 110 valence electrons. The van der Waals surface area contributed by atoms with Gasteiger partial charge in [-0.25, -0.2) is 0 Å². The minimum Gasteiger partial charge on any atom is -0.466 e. The lowest BCUT2D eigenvalue weighted by Crippen LogP contribution is -2.26. The molecule has 2 atom stereocenters. The minimum atomic E-state index is -1.06. The van der Waals surface area contributed by atoms with Crippen molar-refractivity contribution in [2.45, 2.75) is 38.8 Å². The minimum absolute atomic E-state index is 0.0192. The molecule has 0 fully saturated rings. The lowest BCUT2D eigenvalue weighted by Gasteiger charge is -2.13. The highest BCUT2D eigenvalue weighted by atomic mass is 16.5. The van der Waals surface area contributed by atoms with Crippen LogP contribution in [0.25, 0.3) is 20.9 Å². The fraction of sp³-hybridized carbons (Fsp3) is 0.800. The van der Waals surface area contributed by atoms with Crippen LogP contribution in [-0.4, -0.2) is 37.2 Å². The number of azide groups is 2. The number of carbonyl (C=O) groups is 2. The van der Waals surface area contributed by atoms with Gasteiger partial charge < -0.3 is 9.47 Å². The van der Waals surface area contributed by atoms with Crippen LogP contribution < -0.4 is 0 Å². The Morgan fingerprint density at radius 2 is 1.30 bits per heavy atom. The van der Waals surface area contributed by atoms with Gasteiger partial charge in [-0.2, -0.15) is 0 Å². The topological polar surface area (TPSA) is 150 Å². The molecule has 0 heterocycles. The first-order valence-corrected chi connectivity index (χ1v) is 6.02. The van der Waals surface area contributed by atoms with Gasteiger partial charge in [0.15, 0.2) is 0 Å². The summed E-state index contributed by atoms with van der Waals surface area (Å²) in [6, 6.07) is -2.13. The van der Waals surface area contributed by atoms with Crippen molar-refractivity contribution in [3.63, 3.8) is 0 Å². The standard InChI is InChI=1S/C10H16N6O4/c1-3-19-9(17)7(13-15-11)5-6-8(14-16-12)10(18)20-4-2/h7-8H,3-6H2,1-2H3. The van der Waals surface area contributed by atoms with Gasteiger partial charge in [0.25, 0.3) is 0 Å². The molecule has 10 heteroatoms. The summed E-state index contributed by atoms with van der Waals surface area (Å²) in [5.41, 5.74) is 16.8. The second-order valence-corrected chi connectivity index (χ2v) is 3.52. The van der Waals surface area contributed by atoms with Gasteiger partial charge in [-0.1, -0.05) is 10.2 Å². The Hall–Kier alpha value is -2.44. The second-order valence-electron chi connectivity index (χ2n) is 3.52. The zero-order chi connectivity index (χ0) is 15.4. The Morgan fingerprint density at radius 3 is 1.55 bits per heavy atom. The van der Waals surface area contributed by atoms with E-state index in [0.29, 0.717) is 0 Å². The van der Waals surface area contributed by atoms with Crippen LogP contribution in [0.1, 0.15) is 26.7 Å². The first kappa shape index (κ1) is 17.6. The van der Waals surface area contributed by atoms with Gasteiger partial charge in [-0.3, -0.25) is 9.59 Å². The maximum Gasteiger partial charge on any atom is 0.314 e. The summed E-state index contributed by atoms with van der Waals surface area (Å²) in [5, 5.41) is 6.60. The van der Waals surface area contributed by atoms with Gasteiger partial charge in [0.2, 0.25) is 0 Å². The molecule has 0 aliphatic rings. The summed E-state index contributed by atoms with van der Waals surface area (Å²) in [6.07, 6.45) is 0.0385. The van der Waals surface area contributed by atoms with Crippen molar-refractivity contribution in [3.8, 4) is 0 Å². The Balaban J connectivity index is 4.70. The van der Waals surface area contributed by atoms with Gasteiger partial charge in [0, 0.05) is 9.82 Å². The number of hydrogen-bond donors (Lipinski definition) is 0. The first-order valence-electron chi connectivity index (χ1n) is 6.02. The van der Waals surface area contributed by atoms with Crippen LogP contribution in [0.4, 0.5) is 0 Å².